The summed E-state index contributed by atoms with van der Waals surface area (Å²) in [6.07, 6.45) is 4.71. The normalized spacial score (nSPS) is 16.9. The molecule has 0 spiro atoms. The Morgan fingerprint density at radius 3 is 1.80 bits per heavy atom. The molecular weight excluding hydrogens is 364 g/mol. The average molecular weight is 395 g/mol. The lowest BCUT2D eigenvalue weighted by molar-refractivity contribution is 0.0917. The molecule has 1 nitrogen and oxygen atoms in total. The monoisotopic (exact) mass is 394 g/mol. The van der Waals surface area contributed by atoms with Crippen LogP contribution in [0.15, 0.2) is 90.5 Å². The van der Waals surface area contributed by atoms with Crippen molar-refractivity contribution in [3.8, 4) is 0 Å². The van der Waals surface area contributed by atoms with Gasteiger partial charge in [-0.05, 0) is 55.5 Å². The van der Waals surface area contributed by atoms with E-state index in [1.807, 2.05) is 0 Å². The Kier molecular flexibility index (Phi) is 6.01. The molecule has 1 aliphatic carbocycles. The Bertz CT molecular complexity index is 1050. The smallest absolute Gasteiger partial charge is 0.108 e. The van der Waals surface area contributed by atoms with Gasteiger partial charge in [0.05, 0.1) is 0 Å². The van der Waals surface area contributed by atoms with Crippen molar-refractivity contribution in [1.29, 1.82) is 0 Å². The molecule has 0 saturated carbocycles. The molecule has 1 unspecified atom stereocenters. The molecule has 0 aliphatic heterocycles. The molecule has 3 aromatic rings. The first-order valence-corrected chi connectivity index (χ1v) is 10.8. The van der Waals surface area contributed by atoms with Crippen molar-refractivity contribution >= 4 is 5.57 Å². The number of aryl methyl sites for hydroxylation is 3. The molecule has 1 aliphatic rings. The summed E-state index contributed by atoms with van der Waals surface area (Å²) in [5.74, 6) is 0.255. The second kappa shape index (κ2) is 8.85. The Labute approximate surface area is 180 Å². The average Bonchev–Trinajstić information content (AvgIpc) is 3.19. The van der Waals surface area contributed by atoms with Crippen LogP contribution in [0.5, 0.6) is 0 Å². The Balaban J connectivity index is 1.80. The zero-order chi connectivity index (χ0) is 21.1. The SMILES string of the molecule is CCO[C@@H](C1=CC(c2ccc(C)cc2)C=C1c1ccc(C)cc1)c1ccc(C)cc1. The molecule has 0 saturated heterocycles. The minimum atomic E-state index is -0.0707. The quantitative estimate of drug-likeness (QED) is 0.421. The maximum atomic E-state index is 6.32. The van der Waals surface area contributed by atoms with E-state index in [9.17, 15) is 0 Å². The molecule has 0 aromatic heterocycles. The van der Waals surface area contributed by atoms with Gasteiger partial charge in [0.25, 0.3) is 0 Å². The van der Waals surface area contributed by atoms with E-state index in [1.54, 1.807) is 0 Å². The second-order valence-corrected chi connectivity index (χ2v) is 8.25. The first-order valence-electron chi connectivity index (χ1n) is 10.8. The van der Waals surface area contributed by atoms with Gasteiger partial charge in [0.2, 0.25) is 0 Å². The van der Waals surface area contributed by atoms with Gasteiger partial charge in [-0.25, -0.2) is 0 Å². The van der Waals surface area contributed by atoms with E-state index in [-0.39, 0.29) is 12.0 Å². The maximum Gasteiger partial charge on any atom is 0.108 e. The van der Waals surface area contributed by atoms with Crippen LogP contribution in [0.1, 0.15) is 52.3 Å². The summed E-state index contributed by atoms with van der Waals surface area (Å²) in [6.45, 7) is 9.14. The van der Waals surface area contributed by atoms with Gasteiger partial charge in [0.15, 0.2) is 0 Å². The first kappa shape index (κ1) is 20.4. The summed E-state index contributed by atoms with van der Waals surface area (Å²) in [7, 11) is 0. The van der Waals surface area contributed by atoms with E-state index in [1.165, 1.54) is 44.5 Å². The molecule has 2 atom stereocenters. The van der Waals surface area contributed by atoms with Crippen LogP contribution < -0.4 is 0 Å². The van der Waals surface area contributed by atoms with Crippen molar-refractivity contribution in [1.82, 2.24) is 0 Å². The van der Waals surface area contributed by atoms with Gasteiger partial charge in [-0.2, -0.15) is 0 Å². The highest BCUT2D eigenvalue weighted by Crippen LogP contribution is 2.44. The Hall–Kier alpha value is -2.90. The van der Waals surface area contributed by atoms with Crippen LogP contribution in [-0.2, 0) is 4.74 Å². The molecule has 30 heavy (non-hydrogen) atoms. The van der Waals surface area contributed by atoms with Crippen LogP contribution in [0.3, 0.4) is 0 Å². The number of hydrogen-bond donors (Lipinski definition) is 0. The molecule has 0 radical (unpaired) electrons. The van der Waals surface area contributed by atoms with Crippen LogP contribution >= 0.6 is 0 Å². The summed E-state index contributed by atoms with van der Waals surface area (Å²) >= 11 is 0. The molecule has 3 aromatic carbocycles. The third-order valence-electron chi connectivity index (χ3n) is 5.84. The summed E-state index contributed by atoms with van der Waals surface area (Å²) in [6, 6.07) is 26.4. The fourth-order valence-corrected chi connectivity index (χ4v) is 4.09. The van der Waals surface area contributed by atoms with Crippen molar-refractivity contribution in [2.24, 2.45) is 0 Å². The standard InChI is InChI=1S/C29H30O/c1-5-30-29(25-16-10-22(4)11-17-25)28-19-26(23-12-6-20(2)7-13-23)18-27(28)24-14-8-21(3)9-15-24/h6-19,26,29H,5H2,1-4H3/t26?,29-/m1/s1. The number of allylic oxidation sites excluding steroid dienone is 2. The summed E-state index contributed by atoms with van der Waals surface area (Å²) in [5, 5.41) is 0. The zero-order valence-corrected chi connectivity index (χ0v) is 18.4. The molecule has 0 heterocycles. The molecule has 1 heteroatoms. The van der Waals surface area contributed by atoms with Crippen LogP contribution in [0.2, 0.25) is 0 Å². The van der Waals surface area contributed by atoms with E-state index in [2.05, 4.69) is 113 Å². The third-order valence-corrected chi connectivity index (χ3v) is 5.84. The van der Waals surface area contributed by atoms with Gasteiger partial charge in [0.1, 0.15) is 6.10 Å². The highest BCUT2D eigenvalue weighted by Gasteiger charge is 2.27. The van der Waals surface area contributed by atoms with Crippen molar-refractivity contribution in [2.45, 2.75) is 39.7 Å². The predicted molar refractivity (Wildman–Crippen MR) is 127 cm³/mol. The topological polar surface area (TPSA) is 9.23 Å². The van der Waals surface area contributed by atoms with Crippen LogP contribution in [0.4, 0.5) is 0 Å². The van der Waals surface area contributed by atoms with Crippen molar-refractivity contribution in [3.63, 3.8) is 0 Å². The minimum Gasteiger partial charge on any atom is -0.369 e. The molecule has 0 N–H and O–H groups in total. The molecule has 0 bridgehead atoms. The van der Waals surface area contributed by atoms with Crippen LogP contribution in [-0.4, -0.2) is 6.61 Å². The van der Waals surface area contributed by atoms with E-state index >= 15 is 0 Å². The summed E-state index contributed by atoms with van der Waals surface area (Å²) in [5.41, 5.74) is 10.1. The summed E-state index contributed by atoms with van der Waals surface area (Å²) < 4.78 is 6.32. The zero-order valence-electron chi connectivity index (χ0n) is 18.4. The molecule has 0 amide bonds. The lowest BCUT2D eigenvalue weighted by Gasteiger charge is -2.22. The highest BCUT2D eigenvalue weighted by atomic mass is 16.5. The van der Waals surface area contributed by atoms with Crippen molar-refractivity contribution < 1.29 is 4.74 Å². The van der Waals surface area contributed by atoms with Crippen molar-refractivity contribution in [3.05, 3.63) is 124 Å². The van der Waals surface area contributed by atoms with Crippen molar-refractivity contribution in [2.75, 3.05) is 6.61 Å². The van der Waals surface area contributed by atoms with Gasteiger partial charge in [0, 0.05) is 12.5 Å². The number of rotatable bonds is 6. The van der Waals surface area contributed by atoms with Gasteiger partial charge in [-0.1, -0.05) is 102 Å². The van der Waals surface area contributed by atoms with Crippen LogP contribution in [0, 0.1) is 20.8 Å². The first-order chi connectivity index (χ1) is 14.5. The summed E-state index contributed by atoms with van der Waals surface area (Å²) in [4.78, 5) is 0. The number of ether oxygens (including phenoxy) is 1. The molecule has 4 rings (SSSR count). The molecular formula is C29H30O. The van der Waals surface area contributed by atoms with Gasteiger partial charge < -0.3 is 4.74 Å². The third kappa shape index (κ3) is 4.32. The lowest BCUT2D eigenvalue weighted by Crippen LogP contribution is -2.08. The predicted octanol–water partition coefficient (Wildman–Crippen LogP) is 7.50. The Morgan fingerprint density at radius 2 is 1.23 bits per heavy atom. The van der Waals surface area contributed by atoms with Crippen LogP contribution in [0.25, 0.3) is 5.57 Å². The second-order valence-electron chi connectivity index (χ2n) is 8.25. The highest BCUT2D eigenvalue weighted by molar-refractivity contribution is 5.84. The van der Waals surface area contributed by atoms with E-state index < -0.39 is 0 Å². The largest absolute Gasteiger partial charge is 0.369 e. The Morgan fingerprint density at radius 1 is 0.700 bits per heavy atom. The van der Waals surface area contributed by atoms with Gasteiger partial charge in [-0.15, -0.1) is 0 Å². The van der Waals surface area contributed by atoms with Gasteiger partial charge >= 0.3 is 0 Å². The van der Waals surface area contributed by atoms with E-state index in [0.29, 0.717) is 6.61 Å². The van der Waals surface area contributed by atoms with Gasteiger partial charge in [-0.3, -0.25) is 0 Å². The number of benzene rings is 3. The molecule has 152 valence electrons. The fourth-order valence-electron chi connectivity index (χ4n) is 4.09. The lowest BCUT2D eigenvalue weighted by atomic mass is 9.92. The molecule has 0 fully saturated rings. The minimum absolute atomic E-state index is 0.0707. The maximum absolute atomic E-state index is 6.32. The fraction of sp³-hybridized carbons (Fsp3) is 0.241. The number of hydrogen-bond acceptors (Lipinski definition) is 1. The van der Waals surface area contributed by atoms with E-state index in [4.69, 9.17) is 4.74 Å². The van der Waals surface area contributed by atoms with E-state index in [0.717, 1.165) is 0 Å².